The smallest absolute Gasteiger partial charge is 0.225 e. The largest absolute Gasteiger partial charge is 0.340 e. The Morgan fingerprint density at radius 3 is 2.36 bits per heavy atom. The molecule has 2 aliphatic rings. The Hall–Kier alpha value is -1.65. The van der Waals surface area contributed by atoms with Crippen LogP contribution in [0.25, 0.3) is 0 Å². The number of fused-ring (bicyclic) bond motifs is 1. The molecule has 1 aromatic heterocycles. The molecule has 1 saturated heterocycles. The van der Waals surface area contributed by atoms with Crippen LogP contribution in [0.15, 0.2) is 36.5 Å². The fourth-order valence-corrected chi connectivity index (χ4v) is 3.23. The number of aromatic nitrogens is 2. The standard InChI is InChI=1S/C17H20N4.ClH/c1-21(15-8-12-4-2-3-5-13(12)9-15)17-19-7-6-16(20-17)14-10-18-11-14;/h2-7,14-15,18H,8-11H2,1H3;1H. The van der Waals surface area contributed by atoms with Gasteiger partial charge in [-0.25, -0.2) is 9.97 Å². The minimum Gasteiger partial charge on any atom is -0.340 e. The van der Waals surface area contributed by atoms with Crippen LogP contribution >= 0.6 is 12.4 Å². The van der Waals surface area contributed by atoms with Crippen molar-refractivity contribution in [3.8, 4) is 0 Å². The van der Waals surface area contributed by atoms with Gasteiger partial charge in [0.15, 0.2) is 0 Å². The van der Waals surface area contributed by atoms with E-state index in [1.54, 1.807) is 0 Å². The van der Waals surface area contributed by atoms with Crippen LogP contribution in [0.3, 0.4) is 0 Å². The molecule has 2 aromatic rings. The van der Waals surface area contributed by atoms with Crippen molar-refractivity contribution >= 4 is 18.4 Å². The van der Waals surface area contributed by atoms with Crippen molar-refractivity contribution in [1.29, 1.82) is 0 Å². The van der Waals surface area contributed by atoms with Crippen LogP contribution in [0, 0.1) is 0 Å². The summed E-state index contributed by atoms with van der Waals surface area (Å²) in [5, 5.41) is 3.30. The van der Waals surface area contributed by atoms with Crippen molar-refractivity contribution in [2.24, 2.45) is 0 Å². The number of hydrogen-bond donors (Lipinski definition) is 1. The predicted molar refractivity (Wildman–Crippen MR) is 90.9 cm³/mol. The van der Waals surface area contributed by atoms with Crippen LogP contribution < -0.4 is 10.2 Å². The number of hydrogen-bond acceptors (Lipinski definition) is 4. The summed E-state index contributed by atoms with van der Waals surface area (Å²) in [5.74, 6) is 1.41. The van der Waals surface area contributed by atoms with Crippen molar-refractivity contribution in [2.75, 3.05) is 25.0 Å². The maximum absolute atomic E-state index is 4.78. The van der Waals surface area contributed by atoms with E-state index in [9.17, 15) is 0 Å². The van der Waals surface area contributed by atoms with Crippen LogP contribution in [-0.2, 0) is 12.8 Å². The first-order valence-corrected chi connectivity index (χ1v) is 7.64. The summed E-state index contributed by atoms with van der Waals surface area (Å²) in [5.41, 5.74) is 4.10. The normalized spacial score (nSPS) is 17.5. The van der Waals surface area contributed by atoms with E-state index in [0.717, 1.165) is 31.9 Å². The first kappa shape index (κ1) is 15.3. The van der Waals surface area contributed by atoms with Gasteiger partial charge in [-0.3, -0.25) is 0 Å². The highest BCUT2D eigenvalue weighted by Crippen LogP contribution is 2.27. The van der Waals surface area contributed by atoms with Gasteiger partial charge < -0.3 is 10.2 Å². The van der Waals surface area contributed by atoms with Crippen molar-refractivity contribution in [3.05, 3.63) is 53.3 Å². The van der Waals surface area contributed by atoms with Crippen LogP contribution in [0.5, 0.6) is 0 Å². The van der Waals surface area contributed by atoms with Gasteiger partial charge in [-0.15, -0.1) is 12.4 Å². The Balaban J connectivity index is 0.00000144. The van der Waals surface area contributed by atoms with Crippen molar-refractivity contribution in [2.45, 2.75) is 24.8 Å². The molecule has 1 aliphatic heterocycles. The molecular weight excluding hydrogens is 296 g/mol. The third kappa shape index (κ3) is 2.69. The van der Waals surface area contributed by atoms with Gasteiger partial charge in [0.2, 0.25) is 5.95 Å². The second-order valence-electron chi connectivity index (χ2n) is 6.08. The average Bonchev–Trinajstić information content (AvgIpc) is 2.89. The molecule has 2 heterocycles. The molecule has 1 aliphatic carbocycles. The Bertz CT molecular complexity index is 632. The van der Waals surface area contributed by atoms with Crippen molar-refractivity contribution < 1.29 is 0 Å². The Morgan fingerprint density at radius 2 is 1.77 bits per heavy atom. The summed E-state index contributed by atoms with van der Waals surface area (Å²) in [6.45, 7) is 2.07. The first-order valence-electron chi connectivity index (χ1n) is 7.64. The van der Waals surface area contributed by atoms with E-state index in [-0.39, 0.29) is 12.4 Å². The van der Waals surface area contributed by atoms with E-state index in [0.29, 0.717) is 12.0 Å². The highest BCUT2D eigenvalue weighted by Gasteiger charge is 2.27. The summed E-state index contributed by atoms with van der Waals surface area (Å²) in [6.07, 6.45) is 4.07. The molecule has 0 saturated carbocycles. The third-order valence-corrected chi connectivity index (χ3v) is 4.76. The highest BCUT2D eigenvalue weighted by atomic mass is 35.5. The Labute approximate surface area is 137 Å². The Morgan fingerprint density at radius 1 is 1.09 bits per heavy atom. The average molecular weight is 317 g/mol. The van der Waals surface area contributed by atoms with Gasteiger partial charge in [0.25, 0.3) is 0 Å². The van der Waals surface area contributed by atoms with Crippen molar-refractivity contribution in [1.82, 2.24) is 15.3 Å². The topological polar surface area (TPSA) is 41.1 Å². The summed E-state index contributed by atoms with van der Waals surface area (Å²) in [7, 11) is 2.12. The third-order valence-electron chi connectivity index (χ3n) is 4.76. The number of rotatable bonds is 3. The highest BCUT2D eigenvalue weighted by molar-refractivity contribution is 5.85. The summed E-state index contributed by atoms with van der Waals surface area (Å²) >= 11 is 0. The molecule has 0 spiro atoms. The first-order chi connectivity index (χ1) is 10.3. The zero-order valence-corrected chi connectivity index (χ0v) is 13.5. The molecule has 4 nitrogen and oxygen atoms in total. The lowest BCUT2D eigenvalue weighted by atomic mass is 9.99. The van der Waals surface area contributed by atoms with Crippen LogP contribution in [-0.4, -0.2) is 36.1 Å². The quantitative estimate of drug-likeness (QED) is 0.942. The van der Waals surface area contributed by atoms with E-state index in [4.69, 9.17) is 4.98 Å². The van der Waals surface area contributed by atoms with E-state index in [1.165, 1.54) is 16.8 Å². The number of nitrogens with zero attached hydrogens (tertiary/aromatic N) is 3. The molecule has 22 heavy (non-hydrogen) atoms. The molecule has 116 valence electrons. The Kier molecular flexibility index (Phi) is 4.32. The molecule has 0 amide bonds. The monoisotopic (exact) mass is 316 g/mol. The number of likely N-dealkylation sites (N-methyl/N-ethyl adjacent to an activating group) is 1. The summed E-state index contributed by atoms with van der Waals surface area (Å²) < 4.78 is 0. The summed E-state index contributed by atoms with van der Waals surface area (Å²) in [4.78, 5) is 11.5. The van der Waals surface area contributed by atoms with Gasteiger partial charge in [0, 0.05) is 38.3 Å². The molecule has 1 aromatic carbocycles. The van der Waals surface area contributed by atoms with Gasteiger partial charge in [-0.2, -0.15) is 0 Å². The SMILES string of the molecule is CN(c1nccc(C2CNC2)n1)C1Cc2ccccc2C1.Cl. The number of anilines is 1. The minimum absolute atomic E-state index is 0. The van der Waals surface area contributed by atoms with E-state index < -0.39 is 0 Å². The van der Waals surface area contributed by atoms with Crippen molar-refractivity contribution in [3.63, 3.8) is 0 Å². The lowest BCUT2D eigenvalue weighted by molar-refractivity contribution is 0.439. The molecule has 1 N–H and O–H groups in total. The zero-order valence-electron chi connectivity index (χ0n) is 12.7. The zero-order chi connectivity index (χ0) is 14.2. The molecule has 0 unspecified atom stereocenters. The maximum atomic E-state index is 4.78. The van der Waals surface area contributed by atoms with Gasteiger partial charge >= 0.3 is 0 Å². The number of nitrogens with one attached hydrogen (secondary N) is 1. The second kappa shape index (κ2) is 6.23. The molecule has 0 bridgehead atoms. The summed E-state index contributed by atoms with van der Waals surface area (Å²) in [6, 6.07) is 11.2. The van der Waals surface area contributed by atoms with Gasteiger partial charge in [0.1, 0.15) is 0 Å². The van der Waals surface area contributed by atoms with Crippen LogP contribution in [0.1, 0.15) is 22.7 Å². The fraction of sp³-hybridized carbons (Fsp3) is 0.412. The molecule has 4 rings (SSSR count). The van der Waals surface area contributed by atoms with Crippen LogP contribution in [0.2, 0.25) is 0 Å². The minimum atomic E-state index is 0. The molecule has 0 atom stereocenters. The van der Waals surface area contributed by atoms with E-state index in [2.05, 4.69) is 46.5 Å². The molecule has 0 radical (unpaired) electrons. The maximum Gasteiger partial charge on any atom is 0.225 e. The van der Waals surface area contributed by atoms with E-state index in [1.807, 2.05) is 12.3 Å². The van der Waals surface area contributed by atoms with E-state index >= 15 is 0 Å². The predicted octanol–water partition coefficient (Wildman–Crippen LogP) is 2.19. The number of benzene rings is 1. The molecular formula is C17H21ClN4. The van der Waals surface area contributed by atoms with Gasteiger partial charge in [0.05, 0.1) is 5.69 Å². The van der Waals surface area contributed by atoms with Gasteiger partial charge in [-0.05, 0) is 30.0 Å². The lowest BCUT2D eigenvalue weighted by Gasteiger charge is -2.28. The molecule has 1 fully saturated rings. The number of halogens is 1. The lowest BCUT2D eigenvalue weighted by Crippen LogP contribution is -2.41. The fourth-order valence-electron chi connectivity index (χ4n) is 3.23. The van der Waals surface area contributed by atoms with Crippen LogP contribution in [0.4, 0.5) is 5.95 Å². The molecule has 5 heteroatoms. The van der Waals surface area contributed by atoms with Gasteiger partial charge in [-0.1, -0.05) is 24.3 Å². The second-order valence-corrected chi connectivity index (χ2v) is 6.08.